The van der Waals surface area contributed by atoms with Gasteiger partial charge in [0.1, 0.15) is 24.4 Å². The minimum Gasteiger partial charge on any atom is -0.394 e. The number of methoxy groups -OCH3 is 1. The number of aliphatic hydroxyl groups excluding tert-OH is 5. The van der Waals surface area contributed by atoms with Crippen LogP contribution in [0.3, 0.4) is 0 Å². The Bertz CT molecular complexity index is 393. The molecule has 24 heavy (non-hydrogen) atoms. The van der Waals surface area contributed by atoms with E-state index in [9.17, 15) is 25.5 Å². The van der Waals surface area contributed by atoms with E-state index in [1.54, 1.807) is 6.92 Å². The molecule has 0 bridgehead atoms. The van der Waals surface area contributed by atoms with Crippen LogP contribution in [0.15, 0.2) is 0 Å². The van der Waals surface area contributed by atoms with E-state index in [0.29, 0.717) is 6.42 Å². The van der Waals surface area contributed by atoms with Crippen molar-refractivity contribution in [2.24, 2.45) is 5.92 Å². The zero-order valence-corrected chi connectivity index (χ0v) is 14.1. The van der Waals surface area contributed by atoms with Gasteiger partial charge in [0, 0.05) is 13.0 Å². The standard InChI is InChI=1S/C15H28O9/c1-4-7-8(5-16)23-15(11(19)9(7)17)24-13-6(2)22-14(21-3)12(20)10(13)18/h6-20H,4-5H2,1-3H3/t6?,7?,8?,9?,10?,11?,12?,13?,14-,15+/m1/s1. The summed E-state index contributed by atoms with van der Waals surface area (Å²) in [5.74, 6) is -0.432. The van der Waals surface area contributed by atoms with Crippen molar-refractivity contribution in [2.45, 2.75) is 75.6 Å². The minimum absolute atomic E-state index is 0.338. The number of ether oxygens (including phenoxy) is 4. The van der Waals surface area contributed by atoms with Gasteiger partial charge in [-0.2, -0.15) is 0 Å². The lowest BCUT2D eigenvalue weighted by Crippen LogP contribution is -2.62. The second-order valence-electron chi connectivity index (χ2n) is 6.31. The summed E-state index contributed by atoms with van der Waals surface area (Å²) < 4.78 is 21.5. The third kappa shape index (κ3) is 3.74. The lowest BCUT2D eigenvalue weighted by Gasteiger charge is -2.46. The fourth-order valence-electron chi connectivity index (χ4n) is 3.33. The van der Waals surface area contributed by atoms with Crippen LogP contribution in [0.4, 0.5) is 0 Å². The van der Waals surface area contributed by atoms with Gasteiger partial charge in [-0.1, -0.05) is 6.92 Å². The number of hydrogen-bond acceptors (Lipinski definition) is 9. The first-order chi connectivity index (χ1) is 11.3. The van der Waals surface area contributed by atoms with Gasteiger partial charge in [0.05, 0.1) is 24.9 Å². The van der Waals surface area contributed by atoms with Crippen molar-refractivity contribution in [1.82, 2.24) is 0 Å². The number of aliphatic hydroxyl groups is 5. The predicted molar refractivity (Wildman–Crippen MR) is 79.8 cm³/mol. The maximum absolute atomic E-state index is 10.2. The Morgan fingerprint density at radius 2 is 1.54 bits per heavy atom. The van der Waals surface area contributed by atoms with Gasteiger partial charge in [0.2, 0.25) is 0 Å². The zero-order valence-electron chi connectivity index (χ0n) is 14.1. The summed E-state index contributed by atoms with van der Waals surface area (Å²) >= 11 is 0. The molecule has 2 aliphatic rings. The molecule has 0 saturated carbocycles. The van der Waals surface area contributed by atoms with E-state index < -0.39 is 61.2 Å². The van der Waals surface area contributed by atoms with E-state index in [1.165, 1.54) is 7.11 Å². The van der Waals surface area contributed by atoms with Crippen molar-refractivity contribution in [3.05, 3.63) is 0 Å². The molecule has 2 rings (SSSR count). The Balaban J connectivity index is 2.09. The van der Waals surface area contributed by atoms with Crippen molar-refractivity contribution in [3.63, 3.8) is 0 Å². The predicted octanol–water partition coefficient (Wildman–Crippen LogP) is -2.05. The van der Waals surface area contributed by atoms with Crippen molar-refractivity contribution >= 4 is 0 Å². The van der Waals surface area contributed by atoms with E-state index in [0.717, 1.165) is 0 Å². The molecule has 9 heteroatoms. The van der Waals surface area contributed by atoms with E-state index in [-0.39, 0.29) is 6.61 Å². The van der Waals surface area contributed by atoms with Crippen LogP contribution in [-0.4, -0.2) is 94.6 Å². The second-order valence-corrected chi connectivity index (χ2v) is 6.31. The quantitative estimate of drug-likeness (QED) is 0.378. The molecule has 0 spiro atoms. The fourth-order valence-corrected chi connectivity index (χ4v) is 3.33. The Morgan fingerprint density at radius 1 is 0.917 bits per heavy atom. The Morgan fingerprint density at radius 3 is 2.08 bits per heavy atom. The first-order valence-corrected chi connectivity index (χ1v) is 8.17. The molecule has 9 nitrogen and oxygen atoms in total. The second kappa shape index (κ2) is 8.35. The lowest BCUT2D eigenvalue weighted by atomic mass is 9.87. The van der Waals surface area contributed by atoms with Crippen LogP contribution in [0, 0.1) is 5.92 Å². The first-order valence-electron chi connectivity index (χ1n) is 8.17. The topological polar surface area (TPSA) is 138 Å². The van der Waals surface area contributed by atoms with Gasteiger partial charge in [-0.25, -0.2) is 0 Å². The molecule has 8 unspecified atom stereocenters. The van der Waals surface area contributed by atoms with Crippen molar-refractivity contribution in [2.75, 3.05) is 13.7 Å². The minimum atomic E-state index is -1.35. The van der Waals surface area contributed by atoms with Crippen molar-refractivity contribution < 1.29 is 44.5 Å². The molecule has 2 saturated heterocycles. The summed E-state index contributed by atoms with van der Waals surface area (Å²) in [4.78, 5) is 0. The monoisotopic (exact) mass is 352 g/mol. The van der Waals surface area contributed by atoms with Gasteiger partial charge in [0.25, 0.3) is 0 Å². The normalized spacial score (nSPS) is 50.0. The largest absolute Gasteiger partial charge is 0.394 e. The van der Waals surface area contributed by atoms with E-state index in [4.69, 9.17) is 18.9 Å². The molecular formula is C15H28O9. The Labute approximate surface area is 140 Å². The van der Waals surface area contributed by atoms with Gasteiger partial charge in [0.15, 0.2) is 12.6 Å². The molecule has 2 fully saturated rings. The van der Waals surface area contributed by atoms with Crippen LogP contribution in [0.5, 0.6) is 0 Å². The van der Waals surface area contributed by atoms with Crippen LogP contribution < -0.4 is 0 Å². The molecule has 0 radical (unpaired) electrons. The van der Waals surface area contributed by atoms with E-state index >= 15 is 0 Å². The fraction of sp³-hybridized carbons (Fsp3) is 1.00. The average Bonchev–Trinajstić information content (AvgIpc) is 2.58. The SMILES string of the molecule is CCC1C(CO)O[C@@H](OC2C(C)O[C@@H](OC)C(O)C2O)C(O)C1O. The van der Waals surface area contributed by atoms with Crippen molar-refractivity contribution in [1.29, 1.82) is 0 Å². The zero-order chi connectivity index (χ0) is 18.0. The van der Waals surface area contributed by atoms with E-state index in [1.807, 2.05) is 6.92 Å². The summed E-state index contributed by atoms with van der Waals surface area (Å²) in [6.45, 7) is 3.10. The summed E-state index contributed by atoms with van der Waals surface area (Å²) in [6.07, 6.45) is -9.27. The molecule has 0 aromatic heterocycles. The highest BCUT2D eigenvalue weighted by Crippen LogP contribution is 2.32. The highest BCUT2D eigenvalue weighted by Gasteiger charge is 2.49. The van der Waals surface area contributed by atoms with Crippen LogP contribution in [0.1, 0.15) is 20.3 Å². The third-order valence-electron chi connectivity index (χ3n) is 4.81. The Hall–Kier alpha value is -0.360. The molecule has 2 heterocycles. The maximum Gasteiger partial charge on any atom is 0.187 e. The average molecular weight is 352 g/mol. The van der Waals surface area contributed by atoms with Crippen LogP contribution >= 0.6 is 0 Å². The molecule has 5 N–H and O–H groups in total. The maximum atomic E-state index is 10.2. The smallest absolute Gasteiger partial charge is 0.187 e. The highest BCUT2D eigenvalue weighted by atomic mass is 16.7. The van der Waals surface area contributed by atoms with Gasteiger partial charge < -0.3 is 44.5 Å². The molecule has 0 aliphatic carbocycles. The Kier molecular flexibility index (Phi) is 6.94. The van der Waals surface area contributed by atoms with E-state index in [2.05, 4.69) is 0 Å². The van der Waals surface area contributed by atoms with Gasteiger partial charge in [-0.15, -0.1) is 0 Å². The van der Waals surface area contributed by atoms with Crippen molar-refractivity contribution in [3.8, 4) is 0 Å². The molecular weight excluding hydrogens is 324 g/mol. The van der Waals surface area contributed by atoms with Gasteiger partial charge in [-0.3, -0.25) is 0 Å². The molecule has 0 amide bonds. The molecule has 0 aromatic rings. The number of hydrogen-bond donors (Lipinski definition) is 5. The summed E-state index contributed by atoms with van der Waals surface area (Å²) in [6, 6.07) is 0. The van der Waals surface area contributed by atoms with Crippen LogP contribution in [0.2, 0.25) is 0 Å². The first kappa shape index (κ1) is 20.0. The van der Waals surface area contributed by atoms with Crippen LogP contribution in [-0.2, 0) is 18.9 Å². The molecule has 0 aromatic carbocycles. The van der Waals surface area contributed by atoms with Crippen LogP contribution in [0.25, 0.3) is 0 Å². The summed E-state index contributed by atoms with van der Waals surface area (Å²) in [7, 11) is 1.34. The number of rotatable bonds is 5. The summed E-state index contributed by atoms with van der Waals surface area (Å²) in [5, 5.41) is 50.1. The lowest BCUT2D eigenvalue weighted by molar-refractivity contribution is -0.349. The van der Waals surface area contributed by atoms with Gasteiger partial charge in [-0.05, 0) is 13.3 Å². The summed E-state index contributed by atoms with van der Waals surface area (Å²) in [5.41, 5.74) is 0. The molecule has 2 aliphatic heterocycles. The molecule has 10 atom stereocenters. The molecule has 142 valence electrons. The van der Waals surface area contributed by atoms with Gasteiger partial charge >= 0.3 is 0 Å². The highest BCUT2D eigenvalue weighted by molar-refractivity contribution is 4.92. The third-order valence-corrected chi connectivity index (χ3v) is 4.81.